The Labute approximate surface area is 368 Å². The fourth-order valence-electron chi connectivity index (χ4n) is 9.07. The van der Waals surface area contributed by atoms with Gasteiger partial charge in [0, 0.05) is 54.7 Å². The van der Waals surface area contributed by atoms with Gasteiger partial charge in [-0.3, -0.25) is 28.9 Å². The minimum Gasteiger partial charge on any atom is -0.495 e. The molecule has 5 aliphatic rings. The van der Waals surface area contributed by atoms with E-state index in [0.29, 0.717) is 65.0 Å². The van der Waals surface area contributed by atoms with Crippen LogP contribution in [0, 0.1) is 17.8 Å². The summed E-state index contributed by atoms with van der Waals surface area (Å²) in [5.41, 5.74) is -0.645. The first-order valence-electron chi connectivity index (χ1n) is 21.5. The van der Waals surface area contributed by atoms with E-state index in [2.05, 4.69) is 15.0 Å². The average molecular weight is 915 g/mol. The molecule has 2 N–H and O–H groups in total. The number of carbonyl (C=O) groups is 4. The van der Waals surface area contributed by atoms with E-state index in [1.165, 1.54) is 16.9 Å². The zero-order valence-electron chi connectivity index (χ0n) is 34.7. The summed E-state index contributed by atoms with van der Waals surface area (Å²) in [6, 6.07) is 9.25. The maximum absolute atomic E-state index is 14.9. The fourth-order valence-corrected chi connectivity index (χ4v) is 10.7. The van der Waals surface area contributed by atoms with E-state index in [0.717, 1.165) is 6.42 Å². The Morgan fingerprint density at radius 3 is 2.49 bits per heavy atom. The van der Waals surface area contributed by atoms with Gasteiger partial charge in [-0.2, -0.15) is 13.2 Å². The van der Waals surface area contributed by atoms with Gasteiger partial charge in [0.2, 0.25) is 33.6 Å². The quantitative estimate of drug-likeness (QED) is 0.238. The van der Waals surface area contributed by atoms with Gasteiger partial charge < -0.3 is 24.6 Å². The molecule has 3 aliphatic heterocycles. The molecule has 8 rings (SSSR count). The van der Waals surface area contributed by atoms with Crippen molar-refractivity contribution in [1.29, 1.82) is 0 Å². The van der Waals surface area contributed by atoms with Gasteiger partial charge in [-0.1, -0.05) is 42.7 Å². The molecule has 1 aromatic carbocycles. The number of likely N-dealkylation sites (tertiary alicyclic amines) is 1. The zero-order valence-corrected chi connectivity index (χ0v) is 36.3. The lowest BCUT2D eigenvalue weighted by molar-refractivity contribution is -0.186. The predicted octanol–water partition coefficient (Wildman–Crippen LogP) is 6.12. The van der Waals surface area contributed by atoms with Crippen LogP contribution in [0.15, 0.2) is 54.7 Å². The highest BCUT2D eigenvalue weighted by Crippen LogP contribution is 2.46. The van der Waals surface area contributed by atoms with Crippen LogP contribution in [0.4, 0.5) is 13.2 Å². The number of hydrogen-bond acceptors (Lipinski definition) is 10. The molecule has 4 amide bonds. The SMILES string of the molecule is COc1ccc2c(O[C@@H]3C[C@H]4C(=O)N[C@]5(C(=O)NS(=O)(=O)C6CC6)C[C@H]5C=CCCCCC[C@H](CC(=O)N5CCC(C(F)(F)F)CC5)C(=O)N4C3)nc(-c3ccccn3)cc2c1Cl. The maximum atomic E-state index is 14.9. The lowest BCUT2D eigenvalue weighted by atomic mass is 9.92. The number of nitrogens with one attached hydrogen (secondary N) is 2. The number of pyridine rings is 2. The number of hydrogen-bond donors (Lipinski definition) is 2. The minimum atomic E-state index is -4.36. The molecule has 63 heavy (non-hydrogen) atoms. The summed E-state index contributed by atoms with van der Waals surface area (Å²) in [4.78, 5) is 69.2. The van der Waals surface area contributed by atoms with Crippen molar-refractivity contribution in [2.45, 2.75) is 106 Å². The Kier molecular flexibility index (Phi) is 12.7. The second-order valence-corrected chi connectivity index (χ2v) is 19.6. The predicted molar refractivity (Wildman–Crippen MR) is 226 cm³/mol. The number of sulfonamides is 1. The minimum absolute atomic E-state index is 0.0668. The Bertz CT molecular complexity index is 2400. The van der Waals surface area contributed by atoms with Crippen LogP contribution in [-0.2, 0) is 29.2 Å². The van der Waals surface area contributed by atoms with Gasteiger partial charge in [-0.25, -0.2) is 13.4 Å². The number of ether oxygens (including phenoxy) is 2. The molecule has 4 fully saturated rings. The highest BCUT2D eigenvalue weighted by molar-refractivity contribution is 7.91. The fraction of sp³-hybridized carbons (Fsp3) is 0.545. The molecule has 2 aromatic heterocycles. The highest BCUT2D eigenvalue weighted by atomic mass is 35.5. The maximum Gasteiger partial charge on any atom is 0.391 e. The number of fused-ring (bicyclic) bond motifs is 3. The normalized spacial score (nSPS) is 26.2. The van der Waals surface area contributed by atoms with Crippen molar-refractivity contribution in [2.24, 2.45) is 17.8 Å². The van der Waals surface area contributed by atoms with Crippen LogP contribution in [0.5, 0.6) is 11.6 Å². The number of methoxy groups -OCH3 is 1. The van der Waals surface area contributed by atoms with Crippen molar-refractivity contribution in [3.05, 3.63) is 59.8 Å². The lowest BCUT2D eigenvalue weighted by Crippen LogP contribution is -2.57. The molecule has 5 atom stereocenters. The van der Waals surface area contributed by atoms with Crippen LogP contribution >= 0.6 is 11.6 Å². The number of rotatable bonds is 9. The molecule has 0 radical (unpaired) electrons. The molecule has 0 spiro atoms. The standard InChI is InChI=1S/C44H50ClF3N6O8S/c1-61-36-15-14-31-32(38(36)45)23-34(33-11-7-8-18-49-33)50-40(31)62-29-22-35-39(56)51-43(42(58)52-63(59,60)30-12-13-30)24-28(43)10-6-4-2-3-5-9-26(41(57)54(35)25-29)21-37(55)53-19-16-27(17-20-53)44(46,47)48/h6-8,10-11,14-15,18,23,26-30,35H,2-5,9,12-13,16-17,19-22,24-25H2,1H3,(H,51,56)(H,52,58)/t26-,28-,29-,35+,43-/m1/s1. The van der Waals surface area contributed by atoms with E-state index >= 15 is 0 Å². The number of benzene rings is 1. The van der Waals surface area contributed by atoms with Crippen LogP contribution in [-0.4, -0.2) is 108 Å². The Morgan fingerprint density at radius 1 is 1.02 bits per heavy atom. The molecule has 19 heteroatoms. The lowest BCUT2D eigenvalue weighted by Gasteiger charge is -2.34. The monoisotopic (exact) mass is 914 g/mol. The van der Waals surface area contributed by atoms with Crippen LogP contribution in [0.1, 0.15) is 77.0 Å². The first kappa shape index (κ1) is 44.6. The third-order valence-electron chi connectivity index (χ3n) is 13.0. The van der Waals surface area contributed by atoms with E-state index in [1.807, 2.05) is 12.2 Å². The van der Waals surface area contributed by atoms with Gasteiger partial charge >= 0.3 is 6.18 Å². The van der Waals surface area contributed by atoms with Gasteiger partial charge in [-0.15, -0.1) is 0 Å². The zero-order chi connectivity index (χ0) is 44.7. The molecule has 338 valence electrons. The van der Waals surface area contributed by atoms with Gasteiger partial charge in [0.1, 0.15) is 23.4 Å². The van der Waals surface area contributed by atoms with Gasteiger partial charge in [-0.05, 0) is 81.7 Å². The first-order valence-corrected chi connectivity index (χ1v) is 23.5. The second-order valence-electron chi connectivity index (χ2n) is 17.3. The molecule has 3 aromatic rings. The topological polar surface area (TPSA) is 177 Å². The Hall–Kier alpha value is -4.97. The van der Waals surface area contributed by atoms with E-state index in [-0.39, 0.29) is 64.0 Å². The molecule has 2 saturated heterocycles. The molecule has 2 saturated carbocycles. The number of piperidine rings is 1. The van der Waals surface area contributed by atoms with Crippen molar-refractivity contribution in [3.63, 3.8) is 0 Å². The first-order chi connectivity index (χ1) is 30.1. The number of alkyl halides is 3. The molecular weight excluding hydrogens is 865 g/mol. The Balaban J connectivity index is 1.12. The Morgan fingerprint density at radius 2 is 1.79 bits per heavy atom. The van der Waals surface area contributed by atoms with Gasteiger partial charge in [0.25, 0.3) is 5.91 Å². The number of carbonyl (C=O) groups excluding carboxylic acids is 4. The molecule has 5 heterocycles. The summed E-state index contributed by atoms with van der Waals surface area (Å²) in [7, 11) is -2.48. The summed E-state index contributed by atoms with van der Waals surface area (Å²) in [6.07, 6.45) is 3.23. The van der Waals surface area contributed by atoms with Crippen LogP contribution < -0.4 is 19.5 Å². The summed E-state index contributed by atoms with van der Waals surface area (Å²) < 4.78 is 80.6. The third-order valence-corrected chi connectivity index (χ3v) is 15.2. The third kappa shape index (κ3) is 9.61. The van der Waals surface area contributed by atoms with E-state index in [1.54, 1.807) is 42.6 Å². The summed E-state index contributed by atoms with van der Waals surface area (Å²) in [5.74, 6) is -4.88. The van der Waals surface area contributed by atoms with Gasteiger partial charge in [0.15, 0.2) is 0 Å². The molecule has 14 nitrogen and oxygen atoms in total. The average Bonchev–Trinajstić information content (AvgIpc) is 4.19. The molecule has 0 unspecified atom stereocenters. The molecule has 0 bridgehead atoms. The van der Waals surface area contributed by atoms with Crippen LogP contribution in [0.25, 0.3) is 22.2 Å². The van der Waals surface area contributed by atoms with Crippen molar-refractivity contribution in [1.82, 2.24) is 29.8 Å². The van der Waals surface area contributed by atoms with Crippen molar-refractivity contribution < 1.29 is 50.2 Å². The van der Waals surface area contributed by atoms with Crippen LogP contribution in [0.3, 0.4) is 0 Å². The van der Waals surface area contributed by atoms with Crippen LogP contribution in [0.2, 0.25) is 5.02 Å². The number of halogens is 4. The van der Waals surface area contributed by atoms with Gasteiger partial charge in [0.05, 0.1) is 41.2 Å². The van der Waals surface area contributed by atoms with E-state index < -0.39 is 80.5 Å². The number of allylic oxidation sites excluding steroid dienone is 1. The largest absolute Gasteiger partial charge is 0.495 e. The molecular formula is C44H50ClF3N6O8S. The second kappa shape index (κ2) is 17.9. The summed E-state index contributed by atoms with van der Waals surface area (Å²) >= 11 is 6.82. The van der Waals surface area contributed by atoms with Crippen molar-refractivity contribution in [2.75, 3.05) is 26.7 Å². The summed E-state index contributed by atoms with van der Waals surface area (Å²) in [5, 5.41) is 3.53. The van der Waals surface area contributed by atoms with E-state index in [4.69, 9.17) is 26.1 Å². The highest BCUT2D eigenvalue weighted by Gasteiger charge is 2.62. The molecule has 2 aliphatic carbocycles. The van der Waals surface area contributed by atoms with Crippen molar-refractivity contribution >= 4 is 56.0 Å². The van der Waals surface area contributed by atoms with E-state index in [9.17, 15) is 40.8 Å². The number of nitrogens with zero attached hydrogens (tertiary/aromatic N) is 4. The van der Waals surface area contributed by atoms with Crippen molar-refractivity contribution in [3.8, 4) is 23.0 Å². The number of aromatic nitrogens is 2. The number of amides is 4. The smallest absolute Gasteiger partial charge is 0.391 e. The summed E-state index contributed by atoms with van der Waals surface area (Å²) in [6.45, 7) is -0.299.